The molecule has 0 aliphatic heterocycles. The van der Waals surface area contributed by atoms with Gasteiger partial charge in [0.25, 0.3) is 0 Å². The second-order valence-corrected chi connectivity index (χ2v) is 6.48. The van der Waals surface area contributed by atoms with Crippen molar-refractivity contribution in [2.45, 2.75) is 18.7 Å². The van der Waals surface area contributed by atoms with Crippen molar-refractivity contribution in [3.63, 3.8) is 0 Å². The molecule has 0 heterocycles. The number of hydrogen-bond donors (Lipinski definition) is 0. The summed E-state index contributed by atoms with van der Waals surface area (Å²) in [7, 11) is 1.70. The topological polar surface area (TPSA) is 18.5 Å². The first kappa shape index (κ1) is 16.4. The standard InChI is InChI=1S/C17H18Br2O2/c1-4-21-13-7-8-14(15(18)10-13)17(19)12-6-5-11(2)16(9-12)20-3/h5-10,17H,4H2,1-3H3. The maximum absolute atomic E-state index is 5.51. The van der Waals surface area contributed by atoms with E-state index in [0.29, 0.717) is 6.61 Å². The van der Waals surface area contributed by atoms with Crippen LogP contribution in [0.3, 0.4) is 0 Å². The maximum Gasteiger partial charge on any atom is 0.122 e. The summed E-state index contributed by atoms with van der Waals surface area (Å²) in [5.74, 6) is 1.77. The molecule has 0 fully saturated rings. The summed E-state index contributed by atoms with van der Waals surface area (Å²) in [5, 5.41) is 0. The molecule has 112 valence electrons. The minimum Gasteiger partial charge on any atom is -0.496 e. The number of ether oxygens (including phenoxy) is 2. The lowest BCUT2D eigenvalue weighted by Crippen LogP contribution is -1.98. The molecule has 0 saturated heterocycles. The van der Waals surface area contributed by atoms with Gasteiger partial charge in [-0.3, -0.25) is 0 Å². The van der Waals surface area contributed by atoms with Crippen LogP contribution in [0.15, 0.2) is 40.9 Å². The molecular formula is C17H18Br2O2. The SMILES string of the molecule is CCOc1ccc(C(Br)c2ccc(C)c(OC)c2)c(Br)c1. The number of halogens is 2. The van der Waals surface area contributed by atoms with E-state index in [0.717, 1.165) is 32.7 Å². The number of hydrogen-bond acceptors (Lipinski definition) is 2. The maximum atomic E-state index is 5.51. The van der Waals surface area contributed by atoms with Crippen molar-refractivity contribution < 1.29 is 9.47 Å². The molecule has 0 saturated carbocycles. The second kappa shape index (κ2) is 7.32. The smallest absolute Gasteiger partial charge is 0.122 e. The molecule has 2 nitrogen and oxygen atoms in total. The largest absolute Gasteiger partial charge is 0.496 e. The summed E-state index contributed by atoms with van der Waals surface area (Å²) in [4.78, 5) is 0.0945. The van der Waals surface area contributed by atoms with Gasteiger partial charge < -0.3 is 9.47 Å². The Labute approximate surface area is 142 Å². The molecule has 1 atom stereocenters. The van der Waals surface area contributed by atoms with Crippen molar-refractivity contribution in [2.75, 3.05) is 13.7 Å². The molecule has 21 heavy (non-hydrogen) atoms. The fourth-order valence-corrected chi connectivity index (χ4v) is 3.72. The summed E-state index contributed by atoms with van der Waals surface area (Å²) in [5.41, 5.74) is 3.44. The van der Waals surface area contributed by atoms with Crippen molar-refractivity contribution in [1.29, 1.82) is 0 Å². The van der Waals surface area contributed by atoms with E-state index in [1.807, 2.05) is 26.0 Å². The lowest BCUT2D eigenvalue weighted by Gasteiger charge is -2.16. The third kappa shape index (κ3) is 3.80. The van der Waals surface area contributed by atoms with Crippen LogP contribution in [0.5, 0.6) is 11.5 Å². The van der Waals surface area contributed by atoms with Crippen LogP contribution in [-0.2, 0) is 0 Å². The first-order valence-electron chi connectivity index (χ1n) is 6.77. The van der Waals surface area contributed by atoms with Crippen LogP contribution in [0, 0.1) is 6.92 Å². The molecule has 0 amide bonds. The molecule has 0 radical (unpaired) electrons. The average Bonchev–Trinajstić information content (AvgIpc) is 2.47. The van der Waals surface area contributed by atoms with Gasteiger partial charge in [-0.15, -0.1) is 0 Å². The predicted octanol–water partition coefficient (Wildman–Crippen LogP) is 5.65. The van der Waals surface area contributed by atoms with Crippen molar-refractivity contribution in [2.24, 2.45) is 0 Å². The van der Waals surface area contributed by atoms with E-state index in [-0.39, 0.29) is 4.83 Å². The van der Waals surface area contributed by atoms with Gasteiger partial charge in [-0.1, -0.05) is 50.1 Å². The highest BCUT2D eigenvalue weighted by molar-refractivity contribution is 9.11. The lowest BCUT2D eigenvalue weighted by atomic mass is 10.0. The Morgan fingerprint density at radius 1 is 1.14 bits per heavy atom. The molecule has 0 aliphatic carbocycles. The summed E-state index contributed by atoms with van der Waals surface area (Å²) in [6, 6.07) is 12.3. The summed E-state index contributed by atoms with van der Waals surface area (Å²) >= 11 is 7.39. The highest BCUT2D eigenvalue weighted by atomic mass is 79.9. The van der Waals surface area contributed by atoms with Crippen LogP contribution in [0.2, 0.25) is 0 Å². The Morgan fingerprint density at radius 2 is 1.90 bits per heavy atom. The van der Waals surface area contributed by atoms with Crippen LogP contribution >= 0.6 is 31.9 Å². The fraction of sp³-hybridized carbons (Fsp3) is 0.294. The van der Waals surface area contributed by atoms with Crippen LogP contribution in [0.1, 0.15) is 28.4 Å². The predicted molar refractivity (Wildman–Crippen MR) is 93.8 cm³/mol. The van der Waals surface area contributed by atoms with Crippen molar-refractivity contribution in [3.8, 4) is 11.5 Å². The molecule has 0 spiro atoms. The van der Waals surface area contributed by atoms with Gasteiger partial charge in [0.2, 0.25) is 0 Å². The van der Waals surface area contributed by atoms with Gasteiger partial charge >= 0.3 is 0 Å². The highest BCUT2D eigenvalue weighted by Crippen LogP contribution is 2.38. The van der Waals surface area contributed by atoms with Gasteiger partial charge in [0, 0.05) is 4.47 Å². The molecule has 2 rings (SSSR count). The summed E-state index contributed by atoms with van der Waals surface area (Å²) in [6.45, 7) is 4.69. The zero-order chi connectivity index (χ0) is 15.4. The number of aryl methyl sites for hydroxylation is 1. The van der Waals surface area contributed by atoms with Crippen molar-refractivity contribution in [1.82, 2.24) is 0 Å². The first-order chi connectivity index (χ1) is 10.1. The fourth-order valence-electron chi connectivity index (χ4n) is 2.14. The van der Waals surface area contributed by atoms with E-state index in [2.05, 4.69) is 56.1 Å². The molecule has 0 aliphatic rings. The first-order valence-corrected chi connectivity index (χ1v) is 8.48. The Bertz CT molecular complexity index is 626. The quantitative estimate of drug-likeness (QED) is 0.589. The molecule has 2 aromatic rings. The number of methoxy groups -OCH3 is 1. The number of alkyl halides is 1. The average molecular weight is 414 g/mol. The highest BCUT2D eigenvalue weighted by Gasteiger charge is 2.15. The van der Waals surface area contributed by atoms with Gasteiger partial charge in [0.05, 0.1) is 18.5 Å². The van der Waals surface area contributed by atoms with Gasteiger partial charge in [0.1, 0.15) is 11.5 Å². The van der Waals surface area contributed by atoms with E-state index in [9.17, 15) is 0 Å². The van der Waals surface area contributed by atoms with Gasteiger partial charge in [-0.05, 0) is 48.7 Å². The van der Waals surface area contributed by atoms with Crippen molar-refractivity contribution in [3.05, 3.63) is 57.6 Å². The summed E-state index contributed by atoms with van der Waals surface area (Å²) in [6.07, 6.45) is 0. The normalized spacial score (nSPS) is 12.0. The third-order valence-electron chi connectivity index (χ3n) is 3.28. The molecular weight excluding hydrogens is 396 g/mol. The lowest BCUT2D eigenvalue weighted by molar-refractivity contribution is 0.340. The van der Waals surface area contributed by atoms with E-state index >= 15 is 0 Å². The molecule has 0 N–H and O–H groups in total. The Hall–Kier alpha value is -1.00. The van der Waals surface area contributed by atoms with Gasteiger partial charge in [-0.25, -0.2) is 0 Å². The van der Waals surface area contributed by atoms with E-state index in [1.165, 1.54) is 0 Å². The van der Waals surface area contributed by atoms with E-state index < -0.39 is 0 Å². The monoisotopic (exact) mass is 412 g/mol. The number of rotatable bonds is 5. The second-order valence-electron chi connectivity index (χ2n) is 4.71. The Kier molecular flexibility index (Phi) is 5.71. The molecule has 0 aromatic heterocycles. The van der Waals surface area contributed by atoms with Crippen LogP contribution in [0.4, 0.5) is 0 Å². The minimum absolute atomic E-state index is 0.0945. The van der Waals surface area contributed by atoms with Gasteiger partial charge in [0.15, 0.2) is 0 Å². The van der Waals surface area contributed by atoms with E-state index in [1.54, 1.807) is 7.11 Å². The zero-order valence-electron chi connectivity index (χ0n) is 12.3. The van der Waals surface area contributed by atoms with Crippen LogP contribution in [-0.4, -0.2) is 13.7 Å². The van der Waals surface area contributed by atoms with Crippen molar-refractivity contribution >= 4 is 31.9 Å². The third-order valence-corrected chi connectivity index (χ3v) is 4.99. The molecule has 0 bridgehead atoms. The molecule has 2 aromatic carbocycles. The van der Waals surface area contributed by atoms with Crippen LogP contribution in [0.25, 0.3) is 0 Å². The molecule has 4 heteroatoms. The zero-order valence-corrected chi connectivity index (χ0v) is 15.5. The summed E-state index contributed by atoms with van der Waals surface area (Å²) < 4.78 is 11.9. The number of benzene rings is 2. The Balaban J connectivity index is 2.33. The molecule has 1 unspecified atom stereocenters. The van der Waals surface area contributed by atoms with Gasteiger partial charge in [-0.2, -0.15) is 0 Å². The minimum atomic E-state index is 0.0945. The van der Waals surface area contributed by atoms with Crippen LogP contribution < -0.4 is 9.47 Å². The van der Waals surface area contributed by atoms with E-state index in [4.69, 9.17) is 9.47 Å². The Morgan fingerprint density at radius 3 is 2.52 bits per heavy atom.